The molecule has 1 rings (SSSR count). The van der Waals surface area contributed by atoms with E-state index < -0.39 is 0 Å². The van der Waals surface area contributed by atoms with Crippen LogP contribution in [0.1, 0.15) is 52.2 Å². The monoisotopic (exact) mass is 235 g/mol. The van der Waals surface area contributed by atoms with Crippen molar-refractivity contribution in [2.45, 2.75) is 52.7 Å². The number of anilines is 1. The van der Waals surface area contributed by atoms with E-state index in [0.717, 1.165) is 24.9 Å². The van der Waals surface area contributed by atoms with Crippen molar-refractivity contribution in [3.8, 4) is 0 Å². The van der Waals surface area contributed by atoms with Gasteiger partial charge in [0, 0.05) is 23.8 Å². The molecule has 0 heterocycles. The number of hydrogen-bond donors (Lipinski definition) is 1. The Bertz CT molecular complexity index is 337. The van der Waals surface area contributed by atoms with Crippen molar-refractivity contribution in [2.75, 3.05) is 11.4 Å². The molecular weight excluding hydrogens is 210 g/mol. The van der Waals surface area contributed by atoms with E-state index in [2.05, 4.69) is 31.7 Å². The van der Waals surface area contributed by atoms with Crippen molar-refractivity contribution in [3.63, 3.8) is 0 Å². The molecule has 0 aliphatic carbocycles. The van der Waals surface area contributed by atoms with Gasteiger partial charge in [0.2, 0.25) is 0 Å². The van der Waals surface area contributed by atoms with Gasteiger partial charge in [-0.2, -0.15) is 0 Å². The summed E-state index contributed by atoms with van der Waals surface area (Å²) < 4.78 is 0. The summed E-state index contributed by atoms with van der Waals surface area (Å²) in [4.78, 5) is 2.37. The van der Waals surface area contributed by atoms with Crippen LogP contribution >= 0.6 is 0 Å². The second kappa shape index (κ2) is 6.65. The van der Waals surface area contributed by atoms with Crippen LogP contribution in [0.3, 0.4) is 0 Å². The molecule has 0 saturated heterocycles. The van der Waals surface area contributed by atoms with Crippen LogP contribution in [-0.2, 0) is 0 Å². The maximum absolute atomic E-state index is 10.1. The Morgan fingerprint density at radius 2 is 1.76 bits per heavy atom. The maximum Gasteiger partial charge on any atom is 0.0807 e. The van der Waals surface area contributed by atoms with Crippen molar-refractivity contribution in [3.05, 3.63) is 29.8 Å². The van der Waals surface area contributed by atoms with E-state index in [1.165, 1.54) is 5.69 Å². The molecule has 0 aromatic heterocycles. The van der Waals surface area contributed by atoms with Crippen LogP contribution in [0, 0.1) is 0 Å². The van der Waals surface area contributed by atoms with Gasteiger partial charge < -0.3 is 10.0 Å². The summed E-state index contributed by atoms with van der Waals surface area (Å²) in [5.41, 5.74) is 2.23. The summed E-state index contributed by atoms with van der Waals surface area (Å²) in [6.07, 6.45) is 1.52. The second-order valence-electron chi connectivity index (χ2n) is 4.53. The van der Waals surface area contributed by atoms with Crippen LogP contribution < -0.4 is 4.90 Å². The molecule has 0 fully saturated rings. The summed E-state index contributed by atoms with van der Waals surface area (Å²) in [5, 5.41) is 10.1. The Morgan fingerprint density at radius 1 is 1.12 bits per heavy atom. The van der Waals surface area contributed by atoms with Gasteiger partial charge in [0.15, 0.2) is 0 Å². The lowest BCUT2D eigenvalue weighted by Gasteiger charge is -2.32. The Kier molecular flexibility index (Phi) is 5.49. The molecule has 0 aliphatic rings. The molecule has 1 unspecified atom stereocenters. The SMILES string of the molecule is CCC(C)N(CC)c1ccccc1[C@@H](O)CC. The fraction of sp³-hybridized carbons (Fsp3) is 0.600. The predicted octanol–water partition coefficient (Wildman–Crippen LogP) is 3.75. The molecule has 17 heavy (non-hydrogen) atoms. The van der Waals surface area contributed by atoms with Gasteiger partial charge in [-0.25, -0.2) is 0 Å². The number of aliphatic hydroxyl groups is 1. The third-order valence-corrected chi connectivity index (χ3v) is 3.46. The molecule has 2 heteroatoms. The molecule has 0 saturated carbocycles. The Morgan fingerprint density at radius 3 is 2.29 bits per heavy atom. The molecule has 1 N–H and O–H groups in total. The number of aliphatic hydroxyl groups excluding tert-OH is 1. The molecule has 1 aromatic rings. The number of nitrogens with zero attached hydrogens (tertiary/aromatic N) is 1. The van der Waals surface area contributed by atoms with Crippen molar-refractivity contribution >= 4 is 5.69 Å². The minimum absolute atomic E-state index is 0.357. The third-order valence-electron chi connectivity index (χ3n) is 3.46. The summed E-state index contributed by atoms with van der Waals surface area (Å²) >= 11 is 0. The lowest BCUT2D eigenvalue weighted by atomic mass is 10.0. The summed E-state index contributed by atoms with van der Waals surface area (Å²) in [6, 6.07) is 8.71. The van der Waals surface area contributed by atoms with Gasteiger partial charge in [0.25, 0.3) is 0 Å². The zero-order chi connectivity index (χ0) is 12.8. The molecule has 1 aromatic carbocycles. The van der Waals surface area contributed by atoms with Gasteiger partial charge >= 0.3 is 0 Å². The van der Waals surface area contributed by atoms with Crippen LogP contribution in [0.25, 0.3) is 0 Å². The van der Waals surface area contributed by atoms with Gasteiger partial charge in [-0.15, -0.1) is 0 Å². The standard InChI is InChI=1S/C15H25NO/c1-5-12(4)16(7-3)14-11-9-8-10-13(14)15(17)6-2/h8-12,15,17H,5-7H2,1-4H3/t12?,15-/m0/s1. The average molecular weight is 235 g/mol. The van der Waals surface area contributed by atoms with E-state index in [1.54, 1.807) is 0 Å². The van der Waals surface area contributed by atoms with Crippen LogP contribution in [0.4, 0.5) is 5.69 Å². The Hall–Kier alpha value is -1.02. The van der Waals surface area contributed by atoms with Crippen LogP contribution in [0.15, 0.2) is 24.3 Å². The van der Waals surface area contributed by atoms with Gasteiger partial charge in [0.05, 0.1) is 6.10 Å². The zero-order valence-electron chi connectivity index (χ0n) is 11.5. The largest absolute Gasteiger partial charge is 0.388 e. The predicted molar refractivity (Wildman–Crippen MR) is 74.5 cm³/mol. The molecule has 0 amide bonds. The Balaban J connectivity index is 3.10. The lowest BCUT2D eigenvalue weighted by molar-refractivity contribution is 0.174. The highest BCUT2D eigenvalue weighted by atomic mass is 16.3. The molecular formula is C15H25NO. The maximum atomic E-state index is 10.1. The highest BCUT2D eigenvalue weighted by Crippen LogP contribution is 2.29. The molecule has 0 bridgehead atoms. The fourth-order valence-electron chi connectivity index (χ4n) is 2.19. The first kappa shape index (κ1) is 14.0. The van der Waals surface area contributed by atoms with Gasteiger partial charge in [-0.3, -0.25) is 0 Å². The number of benzene rings is 1. The van der Waals surface area contributed by atoms with Crippen molar-refractivity contribution in [1.29, 1.82) is 0 Å². The van der Waals surface area contributed by atoms with Crippen LogP contribution in [0.5, 0.6) is 0 Å². The van der Waals surface area contributed by atoms with E-state index >= 15 is 0 Å². The molecule has 2 atom stereocenters. The molecule has 0 radical (unpaired) electrons. The van der Waals surface area contributed by atoms with E-state index in [4.69, 9.17) is 0 Å². The van der Waals surface area contributed by atoms with E-state index in [1.807, 2.05) is 25.1 Å². The van der Waals surface area contributed by atoms with E-state index in [-0.39, 0.29) is 6.10 Å². The van der Waals surface area contributed by atoms with Crippen molar-refractivity contribution in [2.24, 2.45) is 0 Å². The molecule has 0 spiro atoms. The summed E-state index contributed by atoms with van der Waals surface area (Å²) in [6.45, 7) is 9.59. The third kappa shape index (κ3) is 3.22. The van der Waals surface area contributed by atoms with E-state index in [9.17, 15) is 5.11 Å². The first-order chi connectivity index (χ1) is 8.15. The number of hydrogen-bond acceptors (Lipinski definition) is 2. The fourth-order valence-corrected chi connectivity index (χ4v) is 2.19. The first-order valence-electron chi connectivity index (χ1n) is 6.69. The summed E-state index contributed by atoms with van der Waals surface area (Å²) in [7, 11) is 0. The molecule has 96 valence electrons. The highest BCUT2D eigenvalue weighted by Gasteiger charge is 2.17. The quantitative estimate of drug-likeness (QED) is 0.811. The molecule has 0 aliphatic heterocycles. The average Bonchev–Trinajstić information content (AvgIpc) is 2.39. The van der Waals surface area contributed by atoms with Gasteiger partial charge in [-0.1, -0.05) is 32.0 Å². The minimum Gasteiger partial charge on any atom is -0.388 e. The lowest BCUT2D eigenvalue weighted by Crippen LogP contribution is -2.33. The first-order valence-corrected chi connectivity index (χ1v) is 6.69. The minimum atomic E-state index is -0.357. The van der Waals surface area contributed by atoms with E-state index in [0.29, 0.717) is 6.04 Å². The van der Waals surface area contributed by atoms with Crippen LogP contribution in [-0.4, -0.2) is 17.7 Å². The zero-order valence-corrected chi connectivity index (χ0v) is 11.5. The van der Waals surface area contributed by atoms with Crippen molar-refractivity contribution in [1.82, 2.24) is 0 Å². The number of rotatable bonds is 6. The highest BCUT2D eigenvalue weighted by molar-refractivity contribution is 5.55. The topological polar surface area (TPSA) is 23.5 Å². The number of para-hydroxylation sites is 1. The summed E-state index contributed by atoms with van der Waals surface area (Å²) in [5.74, 6) is 0. The molecule has 2 nitrogen and oxygen atoms in total. The van der Waals surface area contributed by atoms with Gasteiger partial charge in [-0.05, 0) is 32.8 Å². The second-order valence-corrected chi connectivity index (χ2v) is 4.53. The van der Waals surface area contributed by atoms with Crippen LogP contribution in [0.2, 0.25) is 0 Å². The van der Waals surface area contributed by atoms with Gasteiger partial charge in [0.1, 0.15) is 0 Å². The van der Waals surface area contributed by atoms with Crippen molar-refractivity contribution < 1.29 is 5.11 Å². The smallest absolute Gasteiger partial charge is 0.0807 e. The Labute approximate surface area is 105 Å². The normalized spacial score (nSPS) is 14.4.